The van der Waals surface area contributed by atoms with Gasteiger partial charge in [-0.15, -0.1) is 6.58 Å². The van der Waals surface area contributed by atoms with Crippen molar-refractivity contribution in [3.63, 3.8) is 0 Å². The molecular formula is C33H37F3O2. The Morgan fingerprint density at radius 1 is 0.895 bits per heavy atom. The molecule has 2 atom stereocenters. The van der Waals surface area contributed by atoms with Gasteiger partial charge in [-0.05, 0) is 72.9 Å². The summed E-state index contributed by atoms with van der Waals surface area (Å²) in [6.07, 6.45) is 9.55. The SMILES string of the molecule is C=CCCC1CCC(c2ccc(-c3ccc(-c4ccc(OCCCCCC)c(F)c4F)cc3)cc2F)OC1. The maximum atomic E-state index is 15.1. The van der Waals surface area contributed by atoms with Crippen molar-refractivity contribution >= 4 is 0 Å². The third-order valence-corrected chi connectivity index (χ3v) is 7.33. The van der Waals surface area contributed by atoms with Gasteiger partial charge in [0.1, 0.15) is 5.82 Å². The largest absolute Gasteiger partial charge is 0.490 e. The zero-order valence-corrected chi connectivity index (χ0v) is 22.2. The quantitative estimate of drug-likeness (QED) is 0.174. The van der Waals surface area contributed by atoms with Crippen molar-refractivity contribution in [3.8, 4) is 28.0 Å². The second kappa shape index (κ2) is 13.7. The minimum Gasteiger partial charge on any atom is -0.490 e. The first-order valence-electron chi connectivity index (χ1n) is 13.7. The van der Waals surface area contributed by atoms with Gasteiger partial charge in [-0.2, -0.15) is 4.39 Å². The monoisotopic (exact) mass is 522 g/mol. The molecule has 2 unspecified atom stereocenters. The number of ether oxygens (including phenoxy) is 2. The Kier molecular flexibility index (Phi) is 10.1. The standard InChI is InChI=1S/C33H37F3O2/c1-3-5-7-8-20-37-31-19-17-27(32(35)33(31)36)25-13-11-24(12-14-25)26-15-16-28(29(34)21-26)30-18-10-23(22-38-30)9-6-4-2/h4,11-17,19,21,23,30H,2-3,5-10,18,20,22H2,1H3. The summed E-state index contributed by atoms with van der Waals surface area (Å²) in [6, 6.07) is 15.2. The van der Waals surface area contributed by atoms with Crippen LogP contribution in [-0.2, 0) is 4.74 Å². The molecule has 1 aliphatic rings. The molecule has 3 aromatic rings. The molecule has 1 aliphatic heterocycles. The summed E-state index contributed by atoms with van der Waals surface area (Å²) < 4.78 is 56.0. The fourth-order valence-corrected chi connectivity index (χ4v) is 5.02. The number of hydrogen-bond donors (Lipinski definition) is 0. The Labute approximate surface area is 224 Å². The van der Waals surface area contributed by atoms with E-state index < -0.39 is 11.6 Å². The first-order valence-corrected chi connectivity index (χ1v) is 13.7. The zero-order chi connectivity index (χ0) is 26.9. The molecule has 5 heteroatoms. The van der Waals surface area contributed by atoms with Gasteiger partial charge in [0.25, 0.3) is 0 Å². The summed E-state index contributed by atoms with van der Waals surface area (Å²) in [7, 11) is 0. The van der Waals surface area contributed by atoms with Crippen LogP contribution in [0.15, 0.2) is 67.3 Å². The zero-order valence-electron chi connectivity index (χ0n) is 22.2. The Bertz CT molecular complexity index is 1200. The Hall–Kier alpha value is -3.05. The van der Waals surface area contributed by atoms with E-state index in [0.29, 0.717) is 30.3 Å². The second-order valence-corrected chi connectivity index (χ2v) is 10.1. The number of unbranched alkanes of at least 4 members (excludes halogenated alkanes) is 3. The molecule has 1 fully saturated rings. The van der Waals surface area contributed by atoms with Gasteiger partial charge in [0.15, 0.2) is 11.6 Å². The number of allylic oxidation sites excluding steroid dienone is 1. The van der Waals surface area contributed by atoms with E-state index in [0.717, 1.165) is 62.5 Å². The Morgan fingerprint density at radius 3 is 2.34 bits per heavy atom. The average Bonchev–Trinajstić information content (AvgIpc) is 2.94. The van der Waals surface area contributed by atoms with Gasteiger partial charge in [0.2, 0.25) is 5.82 Å². The topological polar surface area (TPSA) is 18.5 Å². The van der Waals surface area contributed by atoms with Crippen LogP contribution in [0.3, 0.4) is 0 Å². The minimum absolute atomic E-state index is 0.0656. The molecule has 0 aliphatic carbocycles. The minimum atomic E-state index is -0.975. The predicted molar refractivity (Wildman–Crippen MR) is 148 cm³/mol. The molecule has 4 rings (SSSR count). The summed E-state index contributed by atoms with van der Waals surface area (Å²) in [5.74, 6) is -1.76. The molecule has 0 saturated carbocycles. The molecule has 2 nitrogen and oxygen atoms in total. The first kappa shape index (κ1) is 28.0. The highest BCUT2D eigenvalue weighted by molar-refractivity contribution is 5.71. The van der Waals surface area contributed by atoms with Crippen molar-refractivity contribution in [1.82, 2.24) is 0 Å². The highest BCUT2D eigenvalue weighted by Crippen LogP contribution is 2.36. The third kappa shape index (κ3) is 6.87. The van der Waals surface area contributed by atoms with Gasteiger partial charge in [0.05, 0.1) is 19.3 Å². The number of benzene rings is 3. The van der Waals surface area contributed by atoms with Crippen LogP contribution >= 0.6 is 0 Å². The lowest BCUT2D eigenvalue weighted by Crippen LogP contribution is -2.21. The van der Waals surface area contributed by atoms with Crippen LogP contribution in [0.4, 0.5) is 13.2 Å². The third-order valence-electron chi connectivity index (χ3n) is 7.33. The van der Waals surface area contributed by atoms with Crippen LogP contribution in [0.25, 0.3) is 22.3 Å². The molecule has 1 saturated heterocycles. The van der Waals surface area contributed by atoms with Crippen LogP contribution in [0.2, 0.25) is 0 Å². The van der Waals surface area contributed by atoms with E-state index in [1.54, 1.807) is 30.3 Å². The second-order valence-electron chi connectivity index (χ2n) is 10.1. The molecule has 38 heavy (non-hydrogen) atoms. The lowest BCUT2D eigenvalue weighted by molar-refractivity contribution is -0.0207. The summed E-state index contributed by atoms with van der Waals surface area (Å²) in [5, 5.41) is 0. The lowest BCUT2D eigenvalue weighted by Gasteiger charge is -2.29. The maximum Gasteiger partial charge on any atom is 0.201 e. The normalized spacial score (nSPS) is 17.4. The highest BCUT2D eigenvalue weighted by Gasteiger charge is 2.25. The van der Waals surface area contributed by atoms with E-state index in [1.165, 1.54) is 18.2 Å². The van der Waals surface area contributed by atoms with Crippen molar-refractivity contribution in [1.29, 1.82) is 0 Å². The lowest BCUT2D eigenvalue weighted by atomic mass is 9.90. The van der Waals surface area contributed by atoms with Crippen molar-refractivity contribution < 1.29 is 22.6 Å². The number of hydrogen-bond acceptors (Lipinski definition) is 2. The Morgan fingerprint density at radius 2 is 1.66 bits per heavy atom. The number of rotatable bonds is 12. The number of halogens is 3. The van der Waals surface area contributed by atoms with E-state index in [1.807, 2.05) is 12.1 Å². The van der Waals surface area contributed by atoms with Gasteiger partial charge in [-0.1, -0.05) is 68.7 Å². The van der Waals surface area contributed by atoms with Crippen LogP contribution in [-0.4, -0.2) is 13.2 Å². The van der Waals surface area contributed by atoms with E-state index in [-0.39, 0.29) is 23.2 Å². The fraction of sp³-hybridized carbons (Fsp3) is 0.394. The van der Waals surface area contributed by atoms with Crippen LogP contribution in [0.5, 0.6) is 5.75 Å². The fourth-order valence-electron chi connectivity index (χ4n) is 5.02. The molecule has 0 N–H and O–H groups in total. The van der Waals surface area contributed by atoms with Crippen LogP contribution in [0.1, 0.15) is 70.0 Å². The van der Waals surface area contributed by atoms with Gasteiger partial charge >= 0.3 is 0 Å². The van der Waals surface area contributed by atoms with Crippen molar-refractivity contribution in [2.75, 3.05) is 13.2 Å². The molecule has 0 amide bonds. The van der Waals surface area contributed by atoms with Crippen LogP contribution in [0, 0.1) is 23.4 Å². The van der Waals surface area contributed by atoms with Gasteiger partial charge in [-0.3, -0.25) is 0 Å². The van der Waals surface area contributed by atoms with Crippen LogP contribution < -0.4 is 4.74 Å². The molecule has 3 aromatic carbocycles. The molecule has 202 valence electrons. The van der Waals surface area contributed by atoms with E-state index in [2.05, 4.69) is 13.5 Å². The van der Waals surface area contributed by atoms with E-state index in [4.69, 9.17) is 9.47 Å². The van der Waals surface area contributed by atoms with Gasteiger partial charge in [0, 0.05) is 11.1 Å². The highest BCUT2D eigenvalue weighted by atomic mass is 19.2. The summed E-state index contributed by atoms with van der Waals surface area (Å²) >= 11 is 0. The van der Waals surface area contributed by atoms with Gasteiger partial charge in [-0.25, -0.2) is 8.78 Å². The molecule has 0 bridgehead atoms. The molecule has 0 spiro atoms. The molecule has 0 aromatic heterocycles. The average molecular weight is 523 g/mol. The maximum absolute atomic E-state index is 15.1. The molecule has 1 heterocycles. The summed E-state index contributed by atoms with van der Waals surface area (Å²) in [4.78, 5) is 0. The van der Waals surface area contributed by atoms with Gasteiger partial charge < -0.3 is 9.47 Å². The Balaban J connectivity index is 1.41. The summed E-state index contributed by atoms with van der Waals surface area (Å²) in [5.41, 5.74) is 2.79. The van der Waals surface area contributed by atoms with E-state index in [9.17, 15) is 8.78 Å². The van der Waals surface area contributed by atoms with E-state index >= 15 is 4.39 Å². The molecular weight excluding hydrogens is 485 g/mol. The predicted octanol–water partition coefficient (Wildman–Crippen LogP) is 9.83. The summed E-state index contributed by atoms with van der Waals surface area (Å²) in [6.45, 7) is 6.89. The van der Waals surface area contributed by atoms with Crippen molar-refractivity contribution in [2.24, 2.45) is 5.92 Å². The van der Waals surface area contributed by atoms with Crippen molar-refractivity contribution in [3.05, 3.63) is 90.3 Å². The first-order chi connectivity index (χ1) is 18.5. The molecule has 0 radical (unpaired) electrons. The van der Waals surface area contributed by atoms with Crippen molar-refractivity contribution in [2.45, 2.75) is 64.4 Å². The smallest absolute Gasteiger partial charge is 0.201 e.